The molecule has 90 heavy (non-hydrogen) atoms. The van der Waals surface area contributed by atoms with E-state index in [1.807, 2.05) is 11.3 Å². The molecule has 6 aromatic heterocycles. The molecule has 6 heterocycles. The minimum absolute atomic E-state index is 0.254. The van der Waals surface area contributed by atoms with Gasteiger partial charge in [0.25, 0.3) is 0 Å². The van der Waals surface area contributed by atoms with Crippen LogP contribution < -0.4 is 0 Å². The van der Waals surface area contributed by atoms with Crippen LogP contribution in [0.2, 0.25) is 0 Å². The van der Waals surface area contributed by atoms with Crippen LogP contribution in [-0.4, -0.2) is 28.2 Å². The van der Waals surface area contributed by atoms with Crippen LogP contribution in [0.3, 0.4) is 0 Å². The molecule has 0 bridgehead atoms. The number of para-hydroxylation sites is 5. The largest absolute Gasteiger partial charge is 0.309 e. The fourth-order valence-electron chi connectivity index (χ4n) is 15.8. The number of rotatable bonds is 6. The van der Waals surface area contributed by atoms with Crippen molar-refractivity contribution in [1.29, 1.82) is 0 Å². The van der Waals surface area contributed by atoms with Crippen molar-refractivity contribution in [3.8, 4) is 56.5 Å². The van der Waals surface area contributed by atoms with Gasteiger partial charge in [-0.1, -0.05) is 196 Å². The van der Waals surface area contributed by atoms with Gasteiger partial charge in [0.05, 0.1) is 49.7 Å². The lowest BCUT2D eigenvalue weighted by Gasteiger charge is -2.22. The summed E-state index contributed by atoms with van der Waals surface area (Å²) >= 11 is 1.86. The molecule has 13 aromatic carbocycles. The van der Waals surface area contributed by atoms with Crippen molar-refractivity contribution in [2.24, 2.45) is 0 Å². The first-order chi connectivity index (χ1) is 44.4. The standard InChI is InChI=1S/C83H52N6S/c1-83(2)67-26-12-6-20-55(67)63-40-43-74-79(80(63)83)64-25-10-16-30-72(64)88(74)81-66-48-54(87-69-27-13-7-21-56(69)59-37-33-51(45-75(59)87)52-34-39-62-61-24-11-17-31-77(61)90-78(62)47-52)36-41-68(66)84-82(85-81)89-71-29-15-8-22-57(71)60-38-32-50(46-76(60)89)49-35-42-73-65(44-49)58-23-9-14-28-70(58)86(73)53-18-4-3-5-19-53/h3-48H,1-2H3. The zero-order valence-corrected chi connectivity index (χ0v) is 50.0. The van der Waals surface area contributed by atoms with Gasteiger partial charge in [-0.25, -0.2) is 4.98 Å². The molecule has 0 saturated heterocycles. The van der Waals surface area contributed by atoms with Gasteiger partial charge in [0.2, 0.25) is 5.95 Å². The molecule has 19 aromatic rings. The van der Waals surface area contributed by atoms with Crippen LogP contribution in [0, 0.1) is 0 Å². The van der Waals surface area contributed by atoms with Crippen LogP contribution in [-0.2, 0) is 5.41 Å². The summed E-state index contributed by atoms with van der Waals surface area (Å²) in [4.78, 5) is 11.7. The maximum Gasteiger partial charge on any atom is 0.237 e. The fraction of sp³-hybridized carbons (Fsp3) is 0.0361. The Bertz CT molecular complexity index is 6320. The maximum atomic E-state index is 6.01. The summed E-state index contributed by atoms with van der Waals surface area (Å²) in [5, 5.41) is 13.1. The second-order valence-electron chi connectivity index (χ2n) is 24.9. The van der Waals surface area contributed by atoms with E-state index in [1.54, 1.807) is 0 Å². The average Bonchev–Trinajstić information content (AvgIpc) is 1.54. The van der Waals surface area contributed by atoms with Crippen molar-refractivity contribution in [1.82, 2.24) is 28.2 Å². The van der Waals surface area contributed by atoms with E-state index in [-0.39, 0.29) is 5.41 Å². The summed E-state index contributed by atoms with van der Waals surface area (Å²) in [5.74, 6) is 1.42. The van der Waals surface area contributed by atoms with Crippen molar-refractivity contribution in [2.75, 3.05) is 0 Å². The first-order valence-corrected chi connectivity index (χ1v) is 31.8. The topological polar surface area (TPSA) is 45.5 Å². The Morgan fingerprint density at radius 2 is 0.811 bits per heavy atom. The summed E-state index contributed by atoms with van der Waals surface area (Å²) in [7, 11) is 0. The molecule has 420 valence electrons. The van der Waals surface area contributed by atoms with E-state index in [0.29, 0.717) is 5.95 Å². The highest BCUT2D eigenvalue weighted by molar-refractivity contribution is 7.25. The van der Waals surface area contributed by atoms with Crippen molar-refractivity contribution in [3.63, 3.8) is 0 Å². The van der Waals surface area contributed by atoms with E-state index in [1.165, 1.54) is 96.9 Å². The Kier molecular flexibility index (Phi) is 10.1. The molecule has 0 unspecified atom stereocenters. The number of hydrogen-bond donors (Lipinski definition) is 0. The number of hydrogen-bond acceptors (Lipinski definition) is 3. The number of benzene rings is 13. The van der Waals surface area contributed by atoms with Crippen LogP contribution >= 0.6 is 11.3 Å². The molecule has 0 atom stereocenters. The van der Waals surface area contributed by atoms with Gasteiger partial charge in [0, 0.05) is 85.4 Å². The number of aromatic nitrogens is 6. The molecule has 0 amide bonds. The Morgan fingerprint density at radius 3 is 1.54 bits per heavy atom. The number of nitrogens with zero attached hydrogens (tertiary/aromatic N) is 6. The first kappa shape index (κ1) is 49.7. The SMILES string of the molecule is CC1(C)c2ccccc2-c2ccc3c(c21)c1ccccc1n3-c1nc(-n2c3ccccc3c3ccc(-c4ccc5c(c4)c4ccccc4n5-c4ccccc4)cc32)nc2ccc(-n3c4ccccc4c4ccc(-c5ccc6c(c5)sc5ccccc56)cc43)cc12. The van der Waals surface area contributed by atoms with Gasteiger partial charge >= 0.3 is 0 Å². The van der Waals surface area contributed by atoms with Crippen molar-refractivity contribution in [2.45, 2.75) is 19.3 Å². The van der Waals surface area contributed by atoms with Gasteiger partial charge in [0.15, 0.2) is 5.82 Å². The van der Waals surface area contributed by atoms with E-state index in [4.69, 9.17) is 9.97 Å². The minimum atomic E-state index is -0.254. The lowest BCUT2D eigenvalue weighted by molar-refractivity contribution is 0.666. The van der Waals surface area contributed by atoms with Gasteiger partial charge in [-0.05, 0) is 142 Å². The molecule has 0 spiro atoms. The van der Waals surface area contributed by atoms with Crippen LogP contribution in [0.15, 0.2) is 279 Å². The predicted molar refractivity (Wildman–Crippen MR) is 378 cm³/mol. The van der Waals surface area contributed by atoms with E-state index in [2.05, 4.69) is 311 Å². The zero-order chi connectivity index (χ0) is 59.1. The summed E-state index contributed by atoms with van der Waals surface area (Å²) in [6, 6.07) is 103. The molecule has 0 fully saturated rings. The summed E-state index contributed by atoms with van der Waals surface area (Å²) < 4.78 is 12.2. The van der Waals surface area contributed by atoms with Crippen LogP contribution in [0.5, 0.6) is 0 Å². The van der Waals surface area contributed by atoms with Gasteiger partial charge < -0.3 is 9.13 Å². The fourth-order valence-corrected chi connectivity index (χ4v) is 16.9. The average molecular weight is 1170 g/mol. The molecule has 20 rings (SSSR count). The van der Waals surface area contributed by atoms with Gasteiger partial charge in [0.1, 0.15) is 0 Å². The predicted octanol–water partition coefficient (Wildman–Crippen LogP) is 22.0. The second kappa shape index (κ2) is 18.3. The van der Waals surface area contributed by atoms with E-state index in [9.17, 15) is 0 Å². The molecule has 0 N–H and O–H groups in total. The third kappa shape index (κ3) is 6.87. The van der Waals surface area contributed by atoms with E-state index >= 15 is 0 Å². The minimum Gasteiger partial charge on any atom is -0.309 e. The normalized spacial score (nSPS) is 13.1. The Morgan fingerprint density at radius 1 is 0.300 bits per heavy atom. The number of fused-ring (bicyclic) bond motifs is 20. The van der Waals surface area contributed by atoms with E-state index in [0.717, 1.165) is 83.1 Å². The molecular formula is C83H52N6S. The molecule has 0 aliphatic heterocycles. The summed E-state index contributed by atoms with van der Waals surface area (Å²) in [5.41, 5.74) is 21.6. The summed E-state index contributed by atoms with van der Waals surface area (Å²) in [6.07, 6.45) is 0. The Hall–Kier alpha value is -11.4. The third-order valence-electron chi connectivity index (χ3n) is 19.8. The lowest BCUT2D eigenvalue weighted by atomic mass is 9.80. The molecule has 0 radical (unpaired) electrons. The van der Waals surface area contributed by atoms with Crippen LogP contribution in [0.1, 0.15) is 25.0 Å². The quantitative estimate of drug-likeness (QED) is 0.167. The second-order valence-corrected chi connectivity index (χ2v) is 25.9. The smallest absolute Gasteiger partial charge is 0.237 e. The molecule has 1 aliphatic carbocycles. The van der Waals surface area contributed by atoms with Gasteiger partial charge in [-0.2, -0.15) is 4.98 Å². The molecule has 6 nitrogen and oxygen atoms in total. The van der Waals surface area contributed by atoms with Gasteiger partial charge in [-0.15, -0.1) is 11.3 Å². The zero-order valence-electron chi connectivity index (χ0n) is 49.1. The molecule has 1 aliphatic rings. The highest BCUT2D eigenvalue weighted by atomic mass is 32.1. The molecule has 7 heteroatoms. The summed E-state index contributed by atoms with van der Waals surface area (Å²) in [6.45, 7) is 4.79. The van der Waals surface area contributed by atoms with Crippen LogP contribution in [0.4, 0.5) is 0 Å². The highest BCUT2D eigenvalue weighted by Crippen LogP contribution is 2.54. The van der Waals surface area contributed by atoms with Gasteiger partial charge in [-0.3, -0.25) is 9.13 Å². The maximum absolute atomic E-state index is 6.01. The van der Waals surface area contributed by atoms with E-state index < -0.39 is 0 Å². The third-order valence-corrected chi connectivity index (χ3v) is 20.9. The molecule has 0 saturated carbocycles. The Balaban J connectivity index is 0.838. The lowest BCUT2D eigenvalue weighted by Crippen LogP contribution is -2.15. The first-order valence-electron chi connectivity index (χ1n) is 31.0. The van der Waals surface area contributed by atoms with Crippen LogP contribution in [0.25, 0.3) is 175 Å². The van der Waals surface area contributed by atoms with Crippen molar-refractivity contribution < 1.29 is 0 Å². The number of thiophene rings is 1. The van der Waals surface area contributed by atoms with Crippen molar-refractivity contribution in [3.05, 3.63) is 290 Å². The Labute approximate surface area is 520 Å². The molecular weight excluding hydrogens is 1110 g/mol. The van der Waals surface area contributed by atoms with Crippen molar-refractivity contribution >= 4 is 130 Å². The monoisotopic (exact) mass is 1160 g/mol. The highest BCUT2D eigenvalue weighted by Gasteiger charge is 2.38.